The maximum Gasteiger partial charge on any atom is 0.410 e. The van der Waals surface area contributed by atoms with E-state index < -0.39 is 57.0 Å². The molecule has 1 amide bonds. The van der Waals surface area contributed by atoms with E-state index in [9.17, 15) is 31.2 Å². The Morgan fingerprint density at radius 3 is 2.39 bits per heavy atom. The third-order valence-corrected chi connectivity index (χ3v) is 9.61. The van der Waals surface area contributed by atoms with Crippen LogP contribution >= 0.6 is 0 Å². The number of alkyl halides is 2. The lowest BCUT2D eigenvalue weighted by atomic mass is 9.98. The SMILES string of the molecule is CCN(C)S(=O)(=O)Nc1ccc(F)c(C(=O)c2c[nH]c3ncc(-c4ccc(N5CCN(C(=O)OC(C)(C)C)CC5)c(C(F)F)c4)cc23)c1F. The Morgan fingerprint density at radius 1 is 1.06 bits per heavy atom. The Hall–Kier alpha value is -4.70. The number of ketones is 1. The summed E-state index contributed by atoms with van der Waals surface area (Å²) in [4.78, 5) is 36.4. The molecule has 49 heavy (non-hydrogen) atoms. The van der Waals surface area contributed by atoms with Crippen LogP contribution in [0.5, 0.6) is 0 Å². The van der Waals surface area contributed by atoms with E-state index in [1.165, 1.54) is 36.5 Å². The molecule has 262 valence electrons. The quantitative estimate of drug-likeness (QED) is 0.154. The molecule has 1 saturated heterocycles. The number of piperazine rings is 1. The number of pyridine rings is 1. The molecule has 0 radical (unpaired) electrons. The van der Waals surface area contributed by atoms with E-state index in [1.54, 1.807) is 44.7 Å². The van der Waals surface area contributed by atoms with E-state index in [0.29, 0.717) is 29.9 Å². The zero-order chi connectivity index (χ0) is 35.8. The minimum absolute atomic E-state index is 0.0724. The first kappa shape index (κ1) is 35.6. The first-order valence-electron chi connectivity index (χ1n) is 15.4. The van der Waals surface area contributed by atoms with Gasteiger partial charge in [0.05, 0.1) is 11.3 Å². The maximum atomic E-state index is 15.5. The summed E-state index contributed by atoms with van der Waals surface area (Å²) in [6, 6.07) is 7.65. The predicted molar refractivity (Wildman–Crippen MR) is 177 cm³/mol. The molecule has 0 unspecified atom stereocenters. The molecule has 16 heteroatoms. The molecule has 0 saturated carbocycles. The van der Waals surface area contributed by atoms with Crippen molar-refractivity contribution < 1.29 is 40.3 Å². The minimum atomic E-state index is -4.18. The number of rotatable bonds is 9. The molecular weight excluding hydrogens is 668 g/mol. The third-order valence-electron chi connectivity index (χ3n) is 8.06. The number of hydrogen-bond acceptors (Lipinski definition) is 7. The number of halogens is 4. The van der Waals surface area contributed by atoms with E-state index in [4.69, 9.17) is 4.74 Å². The number of benzene rings is 2. The van der Waals surface area contributed by atoms with Crippen molar-refractivity contribution in [1.82, 2.24) is 19.2 Å². The van der Waals surface area contributed by atoms with Crippen molar-refractivity contribution in [2.45, 2.75) is 39.7 Å². The molecule has 4 aromatic rings. The lowest BCUT2D eigenvalue weighted by Gasteiger charge is -2.37. The number of ether oxygens (including phenoxy) is 1. The largest absolute Gasteiger partial charge is 0.444 e. The van der Waals surface area contributed by atoms with Gasteiger partial charge in [-0.05, 0) is 56.7 Å². The van der Waals surface area contributed by atoms with Crippen molar-refractivity contribution in [3.05, 3.63) is 77.1 Å². The highest BCUT2D eigenvalue weighted by atomic mass is 32.2. The monoisotopic (exact) mass is 704 g/mol. The summed E-state index contributed by atoms with van der Waals surface area (Å²) < 4.78 is 92.6. The lowest BCUT2D eigenvalue weighted by Crippen LogP contribution is -2.50. The van der Waals surface area contributed by atoms with Crippen molar-refractivity contribution in [2.75, 3.05) is 49.4 Å². The van der Waals surface area contributed by atoms with Crippen LogP contribution in [0, 0.1) is 11.6 Å². The van der Waals surface area contributed by atoms with Crippen LogP contribution in [0.25, 0.3) is 22.2 Å². The number of anilines is 2. The molecule has 0 atom stereocenters. The van der Waals surface area contributed by atoms with Crippen LogP contribution in [-0.4, -0.2) is 84.8 Å². The first-order valence-corrected chi connectivity index (χ1v) is 16.8. The van der Waals surface area contributed by atoms with E-state index >= 15 is 4.39 Å². The fraction of sp³-hybridized carbons (Fsp3) is 0.364. The van der Waals surface area contributed by atoms with E-state index in [2.05, 4.69) is 9.97 Å². The highest BCUT2D eigenvalue weighted by Crippen LogP contribution is 2.36. The first-order chi connectivity index (χ1) is 23.0. The standard InChI is InChI=1S/C33H36F4N6O5S/c1-6-41(5)49(46,47)40-25-9-8-24(34)27(28(25)35)29(44)23-18-39-31-21(23)16-20(17-38-31)19-7-10-26(22(15-19)30(36)37)42-11-13-43(14-12-42)32(45)48-33(2,3)4/h7-10,15-18,30,40H,6,11-14H2,1-5H3,(H,38,39). The summed E-state index contributed by atoms with van der Waals surface area (Å²) in [5, 5.41) is 0.166. The van der Waals surface area contributed by atoms with Gasteiger partial charge in [0.25, 0.3) is 6.43 Å². The second-order valence-electron chi connectivity index (χ2n) is 12.5. The molecule has 0 bridgehead atoms. The van der Waals surface area contributed by atoms with Crippen molar-refractivity contribution in [3.63, 3.8) is 0 Å². The molecule has 0 spiro atoms. The van der Waals surface area contributed by atoms with Gasteiger partial charge < -0.3 is 19.5 Å². The zero-order valence-corrected chi connectivity index (χ0v) is 28.3. The highest BCUT2D eigenvalue weighted by Gasteiger charge is 2.29. The van der Waals surface area contributed by atoms with Gasteiger partial charge in [-0.2, -0.15) is 12.7 Å². The zero-order valence-electron chi connectivity index (χ0n) is 27.5. The van der Waals surface area contributed by atoms with Crippen LogP contribution in [0.1, 0.15) is 55.6 Å². The number of fused-ring (bicyclic) bond motifs is 1. The molecule has 5 rings (SSSR count). The summed E-state index contributed by atoms with van der Waals surface area (Å²) >= 11 is 0. The molecule has 11 nitrogen and oxygen atoms in total. The van der Waals surface area contributed by atoms with Crippen LogP contribution in [0.3, 0.4) is 0 Å². The van der Waals surface area contributed by atoms with Gasteiger partial charge in [0.15, 0.2) is 5.82 Å². The normalized spacial score (nSPS) is 14.2. The Kier molecular flexibility index (Phi) is 9.93. The second kappa shape index (κ2) is 13.7. The fourth-order valence-corrected chi connectivity index (χ4v) is 6.29. The van der Waals surface area contributed by atoms with Crippen LogP contribution < -0.4 is 9.62 Å². The average molecular weight is 705 g/mol. The third kappa shape index (κ3) is 7.49. The van der Waals surface area contributed by atoms with Crippen LogP contribution in [0.2, 0.25) is 0 Å². The van der Waals surface area contributed by atoms with Gasteiger partial charge in [-0.3, -0.25) is 9.52 Å². The number of H-pyrrole nitrogens is 1. The number of aromatic nitrogens is 2. The number of carbonyl (C=O) groups excluding carboxylic acids is 2. The lowest BCUT2D eigenvalue weighted by molar-refractivity contribution is 0.0240. The average Bonchev–Trinajstić information content (AvgIpc) is 3.48. The van der Waals surface area contributed by atoms with Crippen molar-refractivity contribution >= 4 is 44.5 Å². The van der Waals surface area contributed by atoms with Gasteiger partial charge in [0.2, 0.25) is 5.78 Å². The van der Waals surface area contributed by atoms with E-state index in [1.807, 2.05) is 4.72 Å². The van der Waals surface area contributed by atoms with E-state index in [0.717, 1.165) is 16.4 Å². The molecule has 2 aromatic heterocycles. The summed E-state index contributed by atoms with van der Waals surface area (Å²) in [7, 11) is -2.92. The molecule has 1 fully saturated rings. The van der Waals surface area contributed by atoms with Gasteiger partial charge >= 0.3 is 16.3 Å². The summed E-state index contributed by atoms with van der Waals surface area (Å²) in [6.45, 7) is 8.13. The summed E-state index contributed by atoms with van der Waals surface area (Å²) in [6.07, 6.45) is -0.676. The summed E-state index contributed by atoms with van der Waals surface area (Å²) in [5.74, 6) is -3.70. The number of carbonyl (C=O) groups is 2. The van der Waals surface area contributed by atoms with Crippen molar-refractivity contribution in [1.29, 1.82) is 0 Å². The number of nitrogens with zero attached hydrogens (tertiary/aromatic N) is 4. The number of aromatic amines is 1. The number of nitrogens with one attached hydrogen (secondary N) is 2. The van der Waals surface area contributed by atoms with Crippen LogP contribution in [0.15, 0.2) is 48.8 Å². The van der Waals surface area contributed by atoms with Gasteiger partial charge in [0.1, 0.15) is 17.1 Å². The summed E-state index contributed by atoms with van der Waals surface area (Å²) in [5.41, 5.74) is -1.46. The smallest absolute Gasteiger partial charge is 0.410 e. The molecule has 2 aromatic carbocycles. The molecule has 2 N–H and O–H groups in total. The van der Waals surface area contributed by atoms with Crippen molar-refractivity contribution in [2.24, 2.45) is 0 Å². The maximum absolute atomic E-state index is 15.5. The van der Waals surface area contributed by atoms with Gasteiger partial charge in [-0.25, -0.2) is 27.3 Å². The van der Waals surface area contributed by atoms with Crippen molar-refractivity contribution in [3.8, 4) is 11.1 Å². The molecule has 1 aliphatic rings. The molecule has 0 aliphatic carbocycles. The Bertz CT molecular complexity index is 2010. The minimum Gasteiger partial charge on any atom is -0.444 e. The second-order valence-corrected chi connectivity index (χ2v) is 14.3. The van der Waals surface area contributed by atoms with Crippen LogP contribution in [-0.2, 0) is 14.9 Å². The Balaban J connectivity index is 1.43. The number of amides is 1. The predicted octanol–water partition coefficient (Wildman–Crippen LogP) is 6.34. The van der Waals surface area contributed by atoms with Gasteiger partial charge in [-0.1, -0.05) is 13.0 Å². The van der Waals surface area contributed by atoms with Gasteiger partial charge in [0, 0.05) is 79.9 Å². The molecule has 3 heterocycles. The highest BCUT2D eigenvalue weighted by molar-refractivity contribution is 7.90. The van der Waals surface area contributed by atoms with Crippen LogP contribution in [0.4, 0.5) is 33.7 Å². The fourth-order valence-electron chi connectivity index (χ4n) is 5.36. The topological polar surface area (TPSA) is 128 Å². The Labute approximate surface area is 281 Å². The van der Waals surface area contributed by atoms with E-state index in [-0.39, 0.29) is 41.8 Å². The molecular formula is C33H36F4N6O5S. The number of hydrogen-bond donors (Lipinski definition) is 2. The van der Waals surface area contributed by atoms with Gasteiger partial charge in [-0.15, -0.1) is 0 Å². The molecule has 1 aliphatic heterocycles. The Morgan fingerprint density at radius 2 is 1.76 bits per heavy atom.